The number of rotatable bonds is 4. The van der Waals surface area contributed by atoms with E-state index in [-0.39, 0.29) is 18.1 Å². The van der Waals surface area contributed by atoms with Crippen LogP contribution in [0.15, 0.2) is 36.7 Å². The zero-order valence-electron chi connectivity index (χ0n) is 10.7. The van der Waals surface area contributed by atoms with Gasteiger partial charge in [-0.3, -0.25) is 24.7 Å². The Morgan fingerprint density at radius 3 is 3.00 bits per heavy atom. The van der Waals surface area contributed by atoms with Gasteiger partial charge >= 0.3 is 5.69 Å². The van der Waals surface area contributed by atoms with E-state index in [2.05, 4.69) is 20.6 Å². The molecule has 1 amide bonds. The molecule has 2 N–H and O–H groups in total. The fourth-order valence-electron chi connectivity index (χ4n) is 1.91. The number of aromatic amines is 1. The number of amides is 1. The molecule has 3 aromatic rings. The third-order valence-corrected chi connectivity index (χ3v) is 2.86. The molecule has 2 heterocycles. The van der Waals surface area contributed by atoms with Crippen LogP contribution < -0.4 is 5.32 Å². The lowest BCUT2D eigenvalue weighted by atomic mass is 10.2. The van der Waals surface area contributed by atoms with Gasteiger partial charge < -0.3 is 5.32 Å². The lowest BCUT2D eigenvalue weighted by Crippen LogP contribution is -2.19. The lowest BCUT2D eigenvalue weighted by molar-refractivity contribution is -0.385. The van der Waals surface area contributed by atoms with E-state index < -0.39 is 4.92 Å². The Kier molecular flexibility index (Phi) is 3.07. The van der Waals surface area contributed by atoms with Crippen molar-refractivity contribution in [2.75, 3.05) is 5.32 Å². The number of para-hydroxylation sites is 1. The zero-order valence-corrected chi connectivity index (χ0v) is 10.7. The summed E-state index contributed by atoms with van der Waals surface area (Å²) in [7, 11) is 0. The van der Waals surface area contributed by atoms with Gasteiger partial charge in [-0.1, -0.05) is 12.1 Å². The van der Waals surface area contributed by atoms with Crippen LogP contribution in [0, 0.1) is 10.1 Å². The molecule has 1 aromatic carbocycles. The van der Waals surface area contributed by atoms with Crippen molar-refractivity contribution in [1.29, 1.82) is 0 Å². The first-order valence-corrected chi connectivity index (χ1v) is 6.03. The number of benzene rings is 1. The van der Waals surface area contributed by atoms with Crippen LogP contribution in [0.5, 0.6) is 0 Å². The fourth-order valence-corrected chi connectivity index (χ4v) is 1.91. The third kappa shape index (κ3) is 2.56. The summed E-state index contributed by atoms with van der Waals surface area (Å²) in [6.07, 6.45) is 2.29. The topological polar surface area (TPSA) is 119 Å². The number of H-pyrrole nitrogens is 1. The van der Waals surface area contributed by atoms with Gasteiger partial charge in [0, 0.05) is 5.39 Å². The second kappa shape index (κ2) is 5.04. The number of nitrogens with zero attached hydrogens (tertiary/aromatic N) is 4. The quantitative estimate of drug-likeness (QED) is 0.553. The molecule has 0 radical (unpaired) electrons. The highest BCUT2D eigenvalue weighted by atomic mass is 16.6. The number of hydrogen-bond acceptors (Lipinski definition) is 5. The van der Waals surface area contributed by atoms with Crippen LogP contribution in [0.2, 0.25) is 0 Å². The summed E-state index contributed by atoms with van der Waals surface area (Å²) in [5, 5.41) is 24.5. The Morgan fingerprint density at radius 2 is 2.24 bits per heavy atom. The van der Waals surface area contributed by atoms with E-state index in [1.165, 1.54) is 10.9 Å². The molecule has 0 aliphatic rings. The molecule has 0 bridgehead atoms. The number of carbonyl (C=O) groups excluding carboxylic acids is 1. The van der Waals surface area contributed by atoms with Crippen molar-refractivity contribution in [3.8, 4) is 0 Å². The summed E-state index contributed by atoms with van der Waals surface area (Å²) in [6.45, 7) is -0.130. The summed E-state index contributed by atoms with van der Waals surface area (Å²) >= 11 is 0. The van der Waals surface area contributed by atoms with E-state index in [0.29, 0.717) is 5.82 Å². The van der Waals surface area contributed by atoms with E-state index in [0.717, 1.165) is 17.1 Å². The minimum absolute atomic E-state index is 0.130. The summed E-state index contributed by atoms with van der Waals surface area (Å²) in [5.74, 6) is 0.0440. The van der Waals surface area contributed by atoms with Gasteiger partial charge in [-0.2, -0.15) is 10.2 Å². The number of hydrogen-bond donors (Lipinski definition) is 2. The third-order valence-electron chi connectivity index (χ3n) is 2.86. The molecule has 0 fully saturated rings. The molecule has 9 nitrogen and oxygen atoms in total. The zero-order chi connectivity index (χ0) is 14.8. The largest absolute Gasteiger partial charge is 0.307 e. The Bertz CT molecular complexity index is 821. The molecule has 0 saturated carbocycles. The van der Waals surface area contributed by atoms with Crippen molar-refractivity contribution in [1.82, 2.24) is 20.0 Å². The molecular formula is C12H10N6O3. The molecule has 0 aliphatic heterocycles. The predicted molar refractivity (Wildman–Crippen MR) is 73.6 cm³/mol. The van der Waals surface area contributed by atoms with E-state index >= 15 is 0 Å². The molecule has 3 rings (SSSR count). The first-order chi connectivity index (χ1) is 10.1. The molecule has 106 valence electrons. The van der Waals surface area contributed by atoms with Crippen molar-refractivity contribution >= 4 is 28.3 Å². The van der Waals surface area contributed by atoms with Gasteiger partial charge in [0.05, 0.1) is 10.4 Å². The SMILES string of the molecule is O=C(Cn1cc([N+](=O)[O-])cn1)Nc1n[nH]c2ccccc12. The first-order valence-electron chi connectivity index (χ1n) is 6.03. The van der Waals surface area contributed by atoms with Gasteiger partial charge in [0.25, 0.3) is 0 Å². The average Bonchev–Trinajstić information content (AvgIpc) is 3.07. The number of carbonyl (C=O) groups is 1. The van der Waals surface area contributed by atoms with E-state index in [1.807, 2.05) is 24.3 Å². The van der Waals surface area contributed by atoms with Crippen LogP contribution in [0.1, 0.15) is 0 Å². The Hall–Kier alpha value is -3.23. The van der Waals surface area contributed by atoms with Crippen molar-refractivity contribution in [2.24, 2.45) is 0 Å². The monoisotopic (exact) mass is 286 g/mol. The summed E-state index contributed by atoms with van der Waals surface area (Å²) < 4.78 is 1.20. The van der Waals surface area contributed by atoms with Crippen molar-refractivity contribution < 1.29 is 9.72 Å². The fraction of sp³-hybridized carbons (Fsp3) is 0.0833. The Morgan fingerprint density at radius 1 is 1.43 bits per heavy atom. The Labute approximate surface area is 117 Å². The molecule has 0 atom stereocenters. The molecule has 9 heteroatoms. The molecule has 0 saturated heterocycles. The standard InChI is InChI=1S/C12H10N6O3/c19-11(7-17-6-8(5-13-17)18(20)21)14-12-9-3-1-2-4-10(9)15-16-12/h1-6H,7H2,(H2,14,15,16,19). The van der Waals surface area contributed by atoms with Crippen LogP contribution >= 0.6 is 0 Å². The van der Waals surface area contributed by atoms with Gasteiger partial charge in [0.1, 0.15) is 18.9 Å². The summed E-state index contributed by atoms with van der Waals surface area (Å²) in [6, 6.07) is 7.36. The highest BCUT2D eigenvalue weighted by Gasteiger charge is 2.13. The predicted octanol–water partition coefficient (Wildman–Crippen LogP) is 1.31. The Balaban J connectivity index is 1.72. The molecule has 21 heavy (non-hydrogen) atoms. The lowest BCUT2D eigenvalue weighted by Gasteiger charge is -2.02. The van der Waals surface area contributed by atoms with Gasteiger partial charge in [0.2, 0.25) is 5.91 Å². The van der Waals surface area contributed by atoms with Crippen LogP contribution in [-0.2, 0) is 11.3 Å². The van der Waals surface area contributed by atoms with Crippen molar-refractivity contribution in [3.05, 3.63) is 46.8 Å². The summed E-state index contributed by atoms with van der Waals surface area (Å²) in [4.78, 5) is 21.9. The number of anilines is 1. The van der Waals surface area contributed by atoms with Crippen LogP contribution in [-0.4, -0.2) is 30.8 Å². The number of nitro groups is 1. The van der Waals surface area contributed by atoms with Crippen molar-refractivity contribution in [3.63, 3.8) is 0 Å². The normalized spacial score (nSPS) is 10.7. The first kappa shape index (κ1) is 12.8. The van der Waals surface area contributed by atoms with Crippen LogP contribution in [0.25, 0.3) is 10.9 Å². The highest BCUT2D eigenvalue weighted by Crippen LogP contribution is 2.19. The minimum Gasteiger partial charge on any atom is -0.307 e. The maximum Gasteiger partial charge on any atom is 0.307 e. The second-order valence-electron chi connectivity index (χ2n) is 4.32. The number of aromatic nitrogens is 4. The number of fused-ring (bicyclic) bond motifs is 1. The minimum atomic E-state index is -0.567. The van der Waals surface area contributed by atoms with Gasteiger partial charge in [0.15, 0.2) is 5.82 Å². The maximum absolute atomic E-state index is 11.9. The van der Waals surface area contributed by atoms with Crippen LogP contribution in [0.3, 0.4) is 0 Å². The maximum atomic E-state index is 11.9. The van der Waals surface area contributed by atoms with Gasteiger partial charge in [-0.15, -0.1) is 0 Å². The highest BCUT2D eigenvalue weighted by molar-refractivity contribution is 5.99. The smallest absolute Gasteiger partial charge is 0.307 e. The summed E-state index contributed by atoms with van der Waals surface area (Å²) in [5.41, 5.74) is 0.649. The molecule has 0 aliphatic carbocycles. The van der Waals surface area contributed by atoms with Crippen molar-refractivity contribution in [2.45, 2.75) is 6.54 Å². The second-order valence-corrected chi connectivity index (χ2v) is 4.32. The van der Waals surface area contributed by atoms with E-state index in [1.54, 1.807) is 0 Å². The molecule has 0 unspecified atom stereocenters. The van der Waals surface area contributed by atoms with Gasteiger partial charge in [-0.05, 0) is 12.1 Å². The number of nitrogens with one attached hydrogen (secondary N) is 2. The van der Waals surface area contributed by atoms with E-state index in [9.17, 15) is 14.9 Å². The van der Waals surface area contributed by atoms with E-state index in [4.69, 9.17) is 0 Å². The molecule has 0 spiro atoms. The molecular weight excluding hydrogens is 276 g/mol. The van der Waals surface area contributed by atoms with Crippen LogP contribution in [0.4, 0.5) is 11.5 Å². The van der Waals surface area contributed by atoms with Gasteiger partial charge in [-0.25, -0.2) is 0 Å². The molecule has 2 aromatic heterocycles. The average molecular weight is 286 g/mol.